The van der Waals surface area contributed by atoms with E-state index in [1.54, 1.807) is 14.0 Å². The van der Waals surface area contributed by atoms with Crippen LogP contribution < -0.4 is 10.6 Å². The Hall–Kier alpha value is -3.07. The summed E-state index contributed by atoms with van der Waals surface area (Å²) in [7, 11) is 1.68. The Bertz CT molecular complexity index is 984. The molecule has 3 rings (SSSR count). The maximum absolute atomic E-state index is 13.2. The van der Waals surface area contributed by atoms with Gasteiger partial charge in [0.1, 0.15) is 0 Å². The van der Waals surface area contributed by atoms with Gasteiger partial charge in [-0.1, -0.05) is 29.8 Å². The standard InChI is InChI=1S/C26H39N5O4/c1-7-35-23(32)21-20(29(6)24(33)27-22(21)19-11-8-10-18(2)16-19)17-30-12-9-13-31(15-14-30)25(34)28-26(3,4)5/h8,10-11,16,22H,7,9,12-15,17H2,1-6H3,(H,27,33)(H,28,34)/t22-/m1/s1. The molecule has 4 amide bonds. The molecule has 0 radical (unpaired) electrons. The van der Waals surface area contributed by atoms with Crippen LogP contribution in [0.25, 0.3) is 0 Å². The van der Waals surface area contributed by atoms with Gasteiger partial charge in [0, 0.05) is 51.0 Å². The van der Waals surface area contributed by atoms with E-state index in [1.807, 2.05) is 56.9 Å². The zero-order chi connectivity index (χ0) is 25.8. The van der Waals surface area contributed by atoms with Gasteiger partial charge < -0.3 is 20.3 Å². The van der Waals surface area contributed by atoms with Crippen LogP contribution in [0.2, 0.25) is 0 Å². The van der Waals surface area contributed by atoms with Gasteiger partial charge in [-0.2, -0.15) is 0 Å². The first-order chi connectivity index (χ1) is 16.5. The van der Waals surface area contributed by atoms with E-state index in [0.29, 0.717) is 37.4 Å². The van der Waals surface area contributed by atoms with E-state index in [0.717, 1.165) is 24.1 Å². The molecule has 2 heterocycles. The number of hydrogen-bond acceptors (Lipinski definition) is 5. The van der Waals surface area contributed by atoms with Gasteiger partial charge in [-0.25, -0.2) is 14.4 Å². The number of nitrogens with one attached hydrogen (secondary N) is 2. The third-order valence-corrected chi connectivity index (χ3v) is 6.18. The second-order valence-electron chi connectivity index (χ2n) is 10.2. The highest BCUT2D eigenvalue weighted by Crippen LogP contribution is 2.32. The summed E-state index contributed by atoms with van der Waals surface area (Å²) in [6.45, 7) is 12.9. The van der Waals surface area contributed by atoms with E-state index in [-0.39, 0.29) is 24.2 Å². The number of urea groups is 2. The number of aryl methyl sites for hydroxylation is 1. The number of hydrogen-bond donors (Lipinski definition) is 2. The van der Waals surface area contributed by atoms with Crippen LogP contribution in [0.5, 0.6) is 0 Å². The molecule has 1 fully saturated rings. The van der Waals surface area contributed by atoms with Gasteiger partial charge in [0.15, 0.2) is 0 Å². The van der Waals surface area contributed by atoms with Crippen molar-refractivity contribution in [1.82, 2.24) is 25.3 Å². The van der Waals surface area contributed by atoms with Gasteiger partial charge in [0.25, 0.3) is 0 Å². The van der Waals surface area contributed by atoms with Gasteiger partial charge in [-0.15, -0.1) is 0 Å². The van der Waals surface area contributed by atoms with Crippen LogP contribution in [0.4, 0.5) is 9.59 Å². The molecule has 1 aromatic carbocycles. The lowest BCUT2D eigenvalue weighted by Gasteiger charge is -2.36. The van der Waals surface area contributed by atoms with Crippen molar-refractivity contribution in [3.8, 4) is 0 Å². The minimum Gasteiger partial charge on any atom is -0.463 e. The average molecular weight is 486 g/mol. The summed E-state index contributed by atoms with van der Waals surface area (Å²) in [6, 6.07) is 6.87. The fraction of sp³-hybridized carbons (Fsp3) is 0.577. The molecule has 9 heteroatoms. The van der Waals surface area contributed by atoms with Crippen molar-refractivity contribution in [3.63, 3.8) is 0 Å². The number of nitrogens with zero attached hydrogens (tertiary/aromatic N) is 3. The second kappa shape index (κ2) is 11.1. The molecule has 0 bridgehead atoms. The maximum atomic E-state index is 13.2. The lowest BCUT2D eigenvalue weighted by molar-refractivity contribution is -0.139. The molecule has 0 aliphatic carbocycles. The largest absolute Gasteiger partial charge is 0.463 e. The van der Waals surface area contributed by atoms with E-state index < -0.39 is 12.0 Å². The SMILES string of the molecule is CCOC(=O)C1=C(CN2CCCN(C(=O)NC(C)(C)C)CC2)N(C)C(=O)N[C@@H]1c1cccc(C)c1. The van der Waals surface area contributed by atoms with Gasteiger partial charge in [0.2, 0.25) is 0 Å². The molecule has 0 unspecified atom stereocenters. The Balaban J connectivity index is 1.88. The van der Waals surface area contributed by atoms with Gasteiger partial charge in [0.05, 0.1) is 18.2 Å². The minimum atomic E-state index is -0.589. The van der Waals surface area contributed by atoms with Crippen LogP contribution in [0.3, 0.4) is 0 Å². The molecule has 2 aliphatic heterocycles. The number of ether oxygens (including phenoxy) is 1. The molecular formula is C26H39N5O4. The number of amides is 4. The van der Waals surface area contributed by atoms with E-state index >= 15 is 0 Å². The Morgan fingerprint density at radius 2 is 1.91 bits per heavy atom. The fourth-order valence-electron chi connectivity index (χ4n) is 4.44. The second-order valence-corrected chi connectivity index (χ2v) is 10.2. The van der Waals surface area contributed by atoms with Crippen molar-refractivity contribution >= 4 is 18.0 Å². The van der Waals surface area contributed by atoms with Crippen molar-refractivity contribution in [2.75, 3.05) is 46.4 Å². The predicted molar refractivity (Wildman–Crippen MR) is 135 cm³/mol. The molecule has 2 aliphatic rings. The Morgan fingerprint density at radius 1 is 1.17 bits per heavy atom. The monoisotopic (exact) mass is 485 g/mol. The first kappa shape index (κ1) is 26.5. The minimum absolute atomic E-state index is 0.0700. The van der Waals surface area contributed by atoms with Crippen LogP contribution in [0, 0.1) is 6.92 Å². The quantitative estimate of drug-likeness (QED) is 0.626. The first-order valence-corrected chi connectivity index (χ1v) is 12.3. The Morgan fingerprint density at radius 3 is 2.57 bits per heavy atom. The lowest BCUT2D eigenvalue weighted by atomic mass is 9.93. The van der Waals surface area contributed by atoms with Crippen LogP contribution in [0.1, 0.15) is 51.3 Å². The molecule has 2 N–H and O–H groups in total. The zero-order valence-corrected chi connectivity index (χ0v) is 21.8. The van der Waals surface area contributed by atoms with Crippen LogP contribution in [-0.2, 0) is 9.53 Å². The van der Waals surface area contributed by atoms with Gasteiger partial charge in [-0.3, -0.25) is 9.80 Å². The maximum Gasteiger partial charge on any atom is 0.338 e. The number of likely N-dealkylation sites (N-methyl/N-ethyl adjacent to an activating group) is 1. The number of benzene rings is 1. The molecule has 1 atom stereocenters. The summed E-state index contributed by atoms with van der Waals surface area (Å²) in [5, 5.41) is 6.00. The van der Waals surface area contributed by atoms with E-state index in [2.05, 4.69) is 15.5 Å². The summed E-state index contributed by atoms with van der Waals surface area (Å²) >= 11 is 0. The molecular weight excluding hydrogens is 446 g/mol. The molecule has 35 heavy (non-hydrogen) atoms. The first-order valence-electron chi connectivity index (χ1n) is 12.3. The highest BCUT2D eigenvalue weighted by atomic mass is 16.5. The highest BCUT2D eigenvalue weighted by molar-refractivity contribution is 5.95. The topological polar surface area (TPSA) is 94.2 Å². The smallest absolute Gasteiger partial charge is 0.338 e. The number of carbonyl (C=O) groups excluding carboxylic acids is 3. The molecule has 0 saturated carbocycles. The molecule has 1 saturated heterocycles. The van der Waals surface area contributed by atoms with Gasteiger partial charge in [-0.05, 0) is 46.6 Å². The summed E-state index contributed by atoms with van der Waals surface area (Å²) in [4.78, 5) is 44.3. The number of rotatable bonds is 5. The summed E-state index contributed by atoms with van der Waals surface area (Å²) in [6.07, 6.45) is 0.802. The van der Waals surface area contributed by atoms with Crippen molar-refractivity contribution in [1.29, 1.82) is 0 Å². The van der Waals surface area contributed by atoms with Crippen molar-refractivity contribution in [2.45, 2.75) is 52.6 Å². The molecule has 1 aromatic rings. The Labute approximate surface area is 208 Å². The third kappa shape index (κ3) is 6.75. The highest BCUT2D eigenvalue weighted by Gasteiger charge is 2.37. The summed E-state index contributed by atoms with van der Waals surface area (Å²) in [5.41, 5.74) is 2.66. The van der Waals surface area contributed by atoms with E-state index in [1.165, 1.54) is 4.90 Å². The lowest BCUT2D eigenvalue weighted by Crippen LogP contribution is -2.50. The van der Waals surface area contributed by atoms with E-state index in [9.17, 15) is 14.4 Å². The summed E-state index contributed by atoms with van der Waals surface area (Å²) in [5.74, 6) is -0.429. The number of esters is 1. The third-order valence-electron chi connectivity index (χ3n) is 6.18. The van der Waals surface area contributed by atoms with E-state index in [4.69, 9.17) is 4.74 Å². The van der Waals surface area contributed by atoms with Crippen LogP contribution in [0.15, 0.2) is 35.5 Å². The van der Waals surface area contributed by atoms with Crippen molar-refractivity contribution < 1.29 is 19.1 Å². The van der Waals surface area contributed by atoms with Crippen molar-refractivity contribution in [3.05, 3.63) is 46.7 Å². The van der Waals surface area contributed by atoms with Crippen LogP contribution in [-0.4, -0.2) is 84.6 Å². The fourth-order valence-corrected chi connectivity index (χ4v) is 4.44. The zero-order valence-electron chi connectivity index (χ0n) is 21.8. The number of carbonyl (C=O) groups is 3. The molecule has 9 nitrogen and oxygen atoms in total. The van der Waals surface area contributed by atoms with Gasteiger partial charge >= 0.3 is 18.0 Å². The Kier molecular flexibility index (Phi) is 8.43. The van der Waals surface area contributed by atoms with Crippen molar-refractivity contribution in [2.24, 2.45) is 0 Å². The molecule has 0 aromatic heterocycles. The summed E-state index contributed by atoms with van der Waals surface area (Å²) < 4.78 is 5.43. The predicted octanol–water partition coefficient (Wildman–Crippen LogP) is 3.02. The molecule has 0 spiro atoms. The molecule has 192 valence electrons. The normalized spacial score (nSPS) is 19.8. The van der Waals surface area contributed by atoms with Crippen LogP contribution >= 0.6 is 0 Å². The average Bonchev–Trinajstić information content (AvgIpc) is 3.01.